The number of carbonyl (C=O) groups is 1. The summed E-state index contributed by atoms with van der Waals surface area (Å²) >= 11 is 0. The van der Waals surface area contributed by atoms with Gasteiger partial charge in [-0.1, -0.05) is 0 Å². The van der Waals surface area contributed by atoms with Crippen LogP contribution in [-0.2, 0) is 15.0 Å². The number of ether oxygens (including phenoxy) is 2. The van der Waals surface area contributed by atoms with E-state index in [1.807, 2.05) is 0 Å². The van der Waals surface area contributed by atoms with Gasteiger partial charge in [0, 0.05) is 11.3 Å². The number of nitrogen functional groups attached to an aromatic ring is 1. The fourth-order valence-corrected chi connectivity index (χ4v) is 2.29. The Morgan fingerprint density at radius 3 is 2.83 bits per heavy atom. The van der Waals surface area contributed by atoms with Gasteiger partial charge in [0.2, 0.25) is 0 Å². The number of amidine groups is 1. The number of halogens is 1. The molecule has 1 aromatic rings. The van der Waals surface area contributed by atoms with Crippen molar-refractivity contribution in [3.8, 4) is 0 Å². The molecule has 0 aromatic heterocycles. The van der Waals surface area contributed by atoms with E-state index in [1.54, 1.807) is 27.7 Å². The van der Waals surface area contributed by atoms with Crippen molar-refractivity contribution in [3.05, 3.63) is 29.6 Å². The Labute approximate surface area is 134 Å². The summed E-state index contributed by atoms with van der Waals surface area (Å²) in [4.78, 5) is 16.3. The lowest BCUT2D eigenvalue weighted by Gasteiger charge is -2.31. The van der Waals surface area contributed by atoms with E-state index in [1.165, 1.54) is 18.2 Å². The molecule has 1 aliphatic rings. The average molecular weight is 323 g/mol. The van der Waals surface area contributed by atoms with E-state index in [2.05, 4.69) is 10.3 Å². The Morgan fingerprint density at radius 1 is 1.48 bits per heavy atom. The molecule has 1 heterocycles. The number of nitrogens with one attached hydrogen (secondary N) is 1. The van der Waals surface area contributed by atoms with Gasteiger partial charge in [-0.05, 0) is 45.9 Å². The predicted octanol–water partition coefficient (Wildman–Crippen LogP) is 2.58. The molecular formula is C16H22FN3O3. The first-order valence-corrected chi connectivity index (χ1v) is 7.31. The van der Waals surface area contributed by atoms with Gasteiger partial charge in [-0.3, -0.25) is 10.3 Å². The van der Waals surface area contributed by atoms with Crippen LogP contribution in [0.4, 0.5) is 14.9 Å². The monoisotopic (exact) mass is 323 g/mol. The minimum absolute atomic E-state index is 0.124. The number of amides is 1. The van der Waals surface area contributed by atoms with Crippen molar-refractivity contribution in [1.82, 2.24) is 5.32 Å². The average Bonchev–Trinajstić information content (AvgIpc) is 2.39. The zero-order chi connectivity index (χ0) is 17.3. The second-order valence-corrected chi connectivity index (χ2v) is 6.69. The van der Waals surface area contributed by atoms with Crippen LogP contribution in [0.3, 0.4) is 0 Å². The molecule has 0 saturated carbocycles. The third-order valence-corrected chi connectivity index (χ3v) is 3.22. The van der Waals surface area contributed by atoms with Gasteiger partial charge in [0.1, 0.15) is 29.4 Å². The maximum Gasteiger partial charge on any atom is 0.413 e. The maximum atomic E-state index is 14.1. The molecule has 1 amide bonds. The van der Waals surface area contributed by atoms with Gasteiger partial charge >= 0.3 is 6.09 Å². The maximum absolute atomic E-state index is 14.1. The number of aliphatic imine (C=N–C) groups is 1. The zero-order valence-electron chi connectivity index (χ0n) is 13.8. The molecule has 0 spiro atoms. The Hall–Kier alpha value is -2.15. The largest absolute Gasteiger partial charge is 0.444 e. The fraction of sp³-hybridized carbons (Fsp3) is 0.500. The molecule has 1 atom stereocenters. The van der Waals surface area contributed by atoms with Crippen LogP contribution >= 0.6 is 0 Å². The van der Waals surface area contributed by atoms with Gasteiger partial charge in [0.15, 0.2) is 0 Å². The third-order valence-electron chi connectivity index (χ3n) is 3.22. The van der Waals surface area contributed by atoms with Crippen LogP contribution in [0.15, 0.2) is 23.2 Å². The van der Waals surface area contributed by atoms with Gasteiger partial charge in [-0.15, -0.1) is 0 Å². The molecule has 0 bridgehead atoms. The molecule has 23 heavy (non-hydrogen) atoms. The predicted molar refractivity (Wildman–Crippen MR) is 85.8 cm³/mol. The number of anilines is 1. The van der Waals surface area contributed by atoms with Crippen LogP contribution < -0.4 is 11.1 Å². The molecule has 7 heteroatoms. The fourth-order valence-electron chi connectivity index (χ4n) is 2.29. The van der Waals surface area contributed by atoms with Crippen LogP contribution in [0.1, 0.15) is 33.3 Å². The van der Waals surface area contributed by atoms with Gasteiger partial charge in [0.25, 0.3) is 0 Å². The summed E-state index contributed by atoms with van der Waals surface area (Å²) in [5.41, 5.74) is 4.90. The summed E-state index contributed by atoms with van der Waals surface area (Å²) in [6.07, 6.45) is -0.628. The van der Waals surface area contributed by atoms with Crippen molar-refractivity contribution in [2.24, 2.45) is 4.99 Å². The lowest BCUT2D eigenvalue weighted by atomic mass is 9.92. The molecule has 0 unspecified atom stereocenters. The number of nitrogens with zero attached hydrogens (tertiary/aromatic N) is 1. The van der Waals surface area contributed by atoms with Gasteiger partial charge in [0.05, 0.1) is 6.61 Å². The number of alkyl carbamates (subject to hydrolysis) is 1. The van der Waals surface area contributed by atoms with Crippen molar-refractivity contribution in [3.63, 3.8) is 0 Å². The molecule has 126 valence electrons. The normalized spacial score (nSPS) is 21.5. The van der Waals surface area contributed by atoms with Crippen LogP contribution in [0.2, 0.25) is 0 Å². The standard InChI is InChI=1S/C16H22FN3O3/c1-15(2,3)23-14(21)19-13-8-22-9-16(4,20-13)11-7-10(18)5-6-12(11)17/h5-7H,8-9,18H2,1-4H3,(H,19,20,21)/t16-/m0/s1. The SMILES string of the molecule is CC(C)(C)OC(=O)NC1=N[C@](C)(c2cc(N)ccc2F)COC1. The third kappa shape index (κ3) is 4.41. The lowest BCUT2D eigenvalue weighted by molar-refractivity contribution is 0.0543. The van der Waals surface area contributed by atoms with E-state index in [9.17, 15) is 9.18 Å². The van der Waals surface area contributed by atoms with Crippen molar-refractivity contribution in [2.75, 3.05) is 18.9 Å². The minimum Gasteiger partial charge on any atom is -0.444 e. The second kappa shape index (κ2) is 6.16. The van der Waals surface area contributed by atoms with Crippen molar-refractivity contribution < 1.29 is 18.7 Å². The van der Waals surface area contributed by atoms with Crippen LogP contribution in [0.5, 0.6) is 0 Å². The number of hydrogen-bond acceptors (Lipinski definition) is 5. The second-order valence-electron chi connectivity index (χ2n) is 6.69. The van der Waals surface area contributed by atoms with Crippen LogP contribution in [0.25, 0.3) is 0 Å². The smallest absolute Gasteiger partial charge is 0.413 e. The Balaban J connectivity index is 2.23. The van der Waals surface area contributed by atoms with E-state index in [0.717, 1.165) is 0 Å². The number of carbonyl (C=O) groups excluding carboxylic acids is 1. The molecule has 6 nitrogen and oxygen atoms in total. The van der Waals surface area contributed by atoms with Gasteiger partial charge < -0.3 is 15.2 Å². The molecule has 0 fully saturated rings. The summed E-state index contributed by atoms with van der Waals surface area (Å²) in [7, 11) is 0. The first kappa shape index (κ1) is 17.2. The molecule has 3 N–H and O–H groups in total. The topological polar surface area (TPSA) is 85.9 Å². The number of rotatable bonds is 1. The van der Waals surface area contributed by atoms with Crippen LogP contribution in [0, 0.1) is 5.82 Å². The quantitative estimate of drug-likeness (QED) is 0.778. The Morgan fingerprint density at radius 2 is 2.17 bits per heavy atom. The molecule has 1 aliphatic heterocycles. The highest BCUT2D eigenvalue weighted by Crippen LogP contribution is 2.31. The first-order valence-electron chi connectivity index (χ1n) is 7.31. The molecule has 1 aromatic carbocycles. The summed E-state index contributed by atoms with van der Waals surface area (Å²) < 4.78 is 24.8. The van der Waals surface area contributed by atoms with Gasteiger partial charge in [-0.25, -0.2) is 9.18 Å². The van der Waals surface area contributed by atoms with E-state index in [0.29, 0.717) is 11.3 Å². The molecular weight excluding hydrogens is 301 g/mol. The Kier molecular flexibility index (Phi) is 4.61. The number of benzene rings is 1. The van der Waals surface area contributed by atoms with Crippen molar-refractivity contribution >= 4 is 17.6 Å². The summed E-state index contributed by atoms with van der Waals surface area (Å²) in [5.74, 6) is -0.137. The van der Waals surface area contributed by atoms with Gasteiger partial charge in [-0.2, -0.15) is 0 Å². The summed E-state index contributed by atoms with van der Waals surface area (Å²) in [6.45, 7) is 7.32. The van der Waals surface area contributed by atoms with Crippen molar-refractivity contribution in [2.45, 2.75) is 38.8 Å². The van der Waals surface area contributed by atoms with Crippen LogP contribution in [-0.4, -0.2) is 30.7 Å². The zero-order valence-corrected chi connectivity index (χ0v) is 13.8. The van der Waals surface area contributed by atoms with Crippen molar-refractivity contribution in [1.29, 1.82) is 0 Å². The highest BCUT2D eigenvalue weighted by Gasteiger charge is 2.34. The number of hydrogen-bond donors (Lipinski definition) is 2. The summed E-state index contributed by atoms with van der Waals surface area (Å²) in [5, 5.41) is 2.54. The highest BCUT2D eigenvalue weighted by atomic mass is 19.1. The molecule has 0 aliphatic carbocycles. The Bertz CT molecular complexity index is 640. The molecule has 0 radical (unpaired) electrons. The first-order chi connectivity index (χ1) is 10.6. The van der Waals surface area contributed by atoms with E-state index < -0.39 is 23.1 Å². The van der Waals surface area contributed by atoms with E-state index in [4.69, 9.17) is 15.2 Å². The lowest BCUT2D eigenvalue weighted by Crippen LogP contribution is -2.44. The minimum atomic E-state index is -0.970. The highest BCUT2D eigenvalue weighted by molar-refractivity contribution is 5.96. The molecule has 0 saturated heterocycles. The molecule has 2 rings (SSSR count). The van der Waals surface area contributed by atoms with E-state index in [-0.39, 0.29) is 19.0 Å². The number of nitrogens with two attached hydrogens (primary N) is 1. The van der Waals surface area contributed by atoms with E-state index >= 15 is 0 Å². The summed E-state index contributed by atoms with van der Waals surface area (Å²) in [6, 6.07) is 4.30.